The lowest BCUT2D eigenvalue weighted by Gasteiger charge is -2.64. The van der Waals surface area contributed by atoms with Crippen LogP contribution in [0.15, 0.2) is 36.4 Å². The summed E-state index contributed by atoms with van der Waals surface area (Å²) in [5.41, 5.74) is 12.9. The molecule has 2 aromatic rings. The van der Waals surface area contributed by atoms with Crippen molar-refractivity contribution in [1.82, 2.24) is 0 Å². The van der Waals surface area contributed by atoms with Gasteiger partial charge in [0.25, 0.3) is 0 Å². The number of phenols is 2. The lowest BCUT2D eigenvalue weighted by atomic mass is 9.41. The van der Waals surface area contributed by atoms with Gasteiger partial charge < -0.3 is 21.7 Å². The van der Waals surface area contributed by atoms with Crippen molar-refractivity contribution in [3.05, 3.63) is 47.5 Å². The SMILES string of the molecule is Nc1cc(C23CC4CC(F)(C2)CC(c2ccc(O)c(N)c2)(C4)C3)ccc1O. The number of nitrogen functional groups attached to an aromatic ring is 2. The van der Waals surface area contributed by atoms with E-state index >= 15 is 4.39 Å². The van der Waals surface area contributed by atoms with E-state index in [0.29, 0.717) is 36.6 Å². The van der Waals surface area contributed by atoms with Crippen LogP contribution < -0.4 is 11.5 Å². The van der Waals surface area contributed by atoms with Crippen LogP contribution in [0, 0.1) is 5.92 Å². The van der Waals surface area contributed by atoms with E-state index < -0.39 is 5.67 Å². The van der Waals surface area contributed by atoms with Crippen molar-refractivity contribution in [1.29, 1.82) is 0 Å². The van der Waals surface area contributed by atoms with Crippen LogP contribution >= 0.6 is 0 Å². The fraction of sp³-hybridized carbons (Fsp3) is 0.455. The molecule has 0 aromatic heterocycles. The Morgan fingerprint density at radius 3 is 1.67 bits per heavy atom. The van der Waals surface area contributed by atoms with Crippen molar-refractivity contribution in [2.45, 2.75) is 55.0 Å². The van der Waals surface area contributed by atoms with Crippen molar-refractivity contribution < 1.29 is 14.6 Å². The van der Waals surface area contributed by atoms with E-state index in [9.17, 15) is 10.2 Å². The number of hydrogen-bond acceptors (Lipinski definition) is 4. The molecule has 4 aliphatic rings. The van der Waals surface area contributed by atoms with Crippen molar-refractivity contribution in [3.63, 3.8) is 0 Å². The number of alkyl halides is 1. The third-order valence-electron chi connectivity index (χ3n) is 7.28. The van der Waals surface area contributed by atoms with Gasteiger partial charge >= 0.3 is 0 Å². The topological polar surface area (TPSA) is 92.5 Å². The van der Waals surface area contributed by atoms with Crippen LogP contribution in [0.1, 0.15) is 49.7 Å². The summed E-state index contributed by atoms with van der Waals surface area (Å²) in [6, 6.07) is 10.7. The molecule has 4 saturated carbocycles. The number of anilines is 2. The maximum atomic E-state index is 15.9. The van der Waals surface area contributed by atoms with Gasteiger partial charge in [0.05, 0.1) is 11.4 Å². The molecule has 142 valence electrons. The van der Waals surface area contributed by atoms with E-state index in [2.05, 4.69) is 0 Å². The van der Waals surface area contributed by atoms with Crippen molar-refractivity contribution in [2.24, 2.45) is 5.92 Å². The fourth-order valence-electron chi connectivity index (χ4n) is 6.73. The van der Waals surface area contributed by atoms with Crippen LogP contribution in [0.3, 0.4) is 0 Å². The molecule has 6 N–H and O–H groups in total. The molecule has 5 heteroatoms. The predicted molar refractivity (Wildman–Crippen MR) is 103 cm³/mol. The zero-order valence-electron chi connectivity index (χ0n) is 15.2. The maximum Gasteiger partial charge on any atom is 0.138 e. The summed E-state index contributed by atoms with van der Waals surface area (Å²) in [4.78, 5) is 0. The Morgan fingerprint density at radius 1 is 0.778 bits per heavy atom. The van der Waals surface area contributed by atoms with Crippen LogP contribution in [0.25, 0.3) is 0 Å². The standard InChI is InChI=1S/C22H25FN2O2/c23-22-9-13-7-20(11-22,14-1-3-18(26)16(24)5-14)10-21(8-13,12-22)15-2-4-19(27)17(25)6-15/h1-6,13,26-27H,7-12,24-25H2. The first-order valence-corrected chi connectivity index (χ1v) is 9.60. The molecule has 4 aliphatic carbocycles. The van der Waals surface area contributed by atoms with Gasteiger partial charge in [-0.15, -0.1) is 0 Å². The highest BCUT2D eigenvalue weighted by Gasteiger charge is 2.64. The second-order valence-electron chi connectivity index (χ2n) is 9.27. The Labute approximate surface area is 158 Å². The molecule has 0 spiro atoms. The Balaban J connectivity index is 1.65. The maximum absolute atomic E-state index is 15.9. The molecular weight excluding hydrogens is 343 g/mol. The van der Waals surface area contributed by atoms with Gasteiger partial charge in [0.15, 0.2) is 0 Å². The first kappa shape index (κ1) is 16.7. The third kappa shape index (κ3) is 2.33. The summed E-state index contributed by atoms with van der Waals surface area (Å²) in [7, 11) is 0. The number of phenolic OH excluding ortho intramolecular Hbond substituents is 2. The lowest BCUT2D eigenvalue weighted by molar-refractivity contribution is -0.105. The number of rotatable bonds is 2. The highest BCUT2D eigenvalue weighted by atomic mass is 19.1. The molecule has 2 aromatic carbocycles. The highest BCUT2D eigenvalue weighted by Crippen LogP contribution is 2.68. The molecule has 2 unspecified atom stereocenters. The van der Waals surface area contributed by atoms with Crippen LogP contribution in [-0.4, -0.2) is 15.9 Å². The Bertz CT molecular complexity index is 876. The van der Waals surface area contributed by atoms with E-state index in [4.69, 9.17) is 11.5 Å². The first-order chi connectivity index (χ1) is 12.7. The molecule has 0 radical (unpaired) electrons. The Kier molecular flexibility index (Phi) is 3.15. The quantitative estimate of drug-likeness (QED) is 0.473. The second kappa shape index (κ2) is 5.09. The normalized spacial score (nSPS) is 36.9. The van der Waals surface area contributed by atoms with Gasteiger partial charge in [0.1, 0.15) is 17.2 Å². The summed E-state index contributed by atoms with van der Waals surface area (Å²) in [5.74, 6) is 0.454. The summed E-state index contributed by atoms with van der Waals surface area (Å²) >= 11 is 0. The molecular formula is C22H25FN2O2. The van der Waals surface area contributed by atoms with Gasteiger partial charge in [-0.1, -0.05) is 12.1 Å². The third-order valence-corrected chi connectivity index (χ3v) is 7.28. The summed E-state index contributed by atoms with van der Waals surface area (Å²) < 4.78 is 15.9. The van der Waals surface area contributed by atoms with Crippen molar-refractivity contribution in [3.8, 4) is 11.5 Å². The van der Waals surface area contributed by atoms with Gasteiger partial charge in [-0.05, 0) is 90.7 Å². The average molecular weight is 368 g/mol. The zero-order chi connectivity index (χ0) is 19.0. The molecule has 4 fully saturated rings. The van der Waals surface area contributed by atoms with Gasteiger partial charge in [-0.3, -0.25) is 0 Å². The minimum atomic E-state index is -1.20. The van der Waals surface area contributed by atoms with E-state index in [1.54, 1.807) is 12.1 Å². The molecule has 0 saturated heterocycles. The number of aromatic hydroxyl groups is 2. The number of halogens is 1. The first-order valence-electron chi connectivity index (χ1n) is 9.60. The molecule has 4 bridgehead atoms. The monoisotopic (exact) mass is 368 g/mol. The highest BCUT2D eigenvalue weighted by molar-refractivity contribution is 5.57. The Hall–Kier alpha value is -2.43. The van der Waals surface area contributed by atoms with Crippen LogP contribution in [0.5, 0.6) is 11.5 Å². The van der Waals surface area contributed by atoms with Gasteiger partial charge in [-0.25, -0.2) is 4.39 Å². The van der Waals surface area contributed by atoms with E-state index in [-0.39, 0.29) is 22.3 Å². The molecule has 0 heterocycles. The van der Waals surface area contributed by atoms with Crippen molar-refractivity contribution in [2.75, 3.05) is 11.5 Å². The van der Waals surface area contributed by atoms with E-state index in [0.717, 1.165) is 30.4 Å². The van der Waals surface area contributed by atoms with Crippen LogP contribution in [0.4, 0.5) is 15.8 Å². The van der Waals surface area contributed by atoms with E-state index in [1.165, 1.54) is 0 Å². The minimum absolute atomic E-state index is 0.0689. The largest absolute Gasteiger partial charge is 0.506 e. The second-order valence-corrected chi connectivity index (χ2v) is 9.27. The van der Waals surface area contributed by atoms with Gasteiger partial charge in [-0.2, -0.15) is 0 Å². The molecule has 27 heavy (non-hydrogen) atoms. The minimum Gasteiger partial charge on any atom is -0.506 e. The van der Waals surface area contributed by atoms with Gasteiger partial charge in [0.2, 0.25) is 0 Å². The molecule has 4 nitrogen and oxygen atoms in total. The molecule has 6 rings (SSSR count). The van der Waals surface area contributed by atoms with E-state index in [1.807, 2.05) is 24.3 Å². The molecule has 2 atom stereocenters. The van der Waals surface area contributed by atoms with Gasteiger partial charge in [0, 0.05) is 0 Å². The molecule has 0 aliphatic heterocycles. The predicted octanol–water partition coefficient (Wildman–Crippen LogP) is 4.14. The summed E-state index contributed by atoms with van der Waals surface area (Å²) in [6.45, 7) is 0. The number of hydrogen-bond donors (Lipinski definition) is 4. The summed E-state index contributed by atoms with van der Waals surface area (Å²) in [5, 5.41) is 19.6. The molecule has 0 amide bonds. The number of nitrogens with two attached hydrogens (primary N) is 2. The Morgan fingerprint density at radius 2 is 1.26 bits per heavy atom. The zero-order valence-corrected chi connectivity index (χ0v) is 15.2. The average Bonchev–Trinajstić information content (AvgIpc) is 2.57. The van der Waals surface area contributed by atoms with Crippen LogP contribution in [-0.2, 0) is 10.8 Å². The fourth-order valence-corrected chi connectivity index (χ4v) is 6.73. The van der Waals surface area contributed by atoms with Crippen molar-refractivity contribution >= 4 is 11.4 Å². The number of benzene rings is 2. The van der Waals surface area contributed by atoms with Crippen LogP contribution in [0.2, 0.25) is 0 Å². The smallest absolute Gasteiger partial charge is 0.138 e. The summed E-state index contributed by atoms with van der Waals surface area (Å²) in [6.07, 6.45) is 4.40. The lowest BCUT2D eigenvalue weighted by Crippen LogP contribution is -2.61.